The Hall–Kier alpha value is -1.36. The lowest BCUT2D eigenvalue weighted by molar-refractivity contribution is 0.0815. The van der Waals surface area contributed by atoms with E-state index in [-0.39, 0.29) is 5.91 Å². The molecule has 5 heteroatoms. The minimum atomic E-state index is -0.0381. The molecule has 0 bridgehead atoms. The highest BCUT2D eigenvalue weighted by molar-refractivity contribution is 5.92. The quantitative estimate of drug-likeness (QED) is 0.863. The number of fused-ring (bicyclic) bond motifs is 1. The number of nitrogens with zero attached hydrogens (tertiary/aromatic N) is 2. The molecule has 0 spiro atoms. The number of rotatable bonds is 2. The van der Waals surface area contributed by atoms with E-state index in [1.165, 1.54) is 19.3 Å². The Bertz CT molecular complexity index is 412. The summed E-state index contributed by atoms with van der Waals surface area (Å²) in [5.74, 6) is 0.818. The van der Waals surface area contributed by atoms with E-state index in [4.69, 9.17) is 4.74 Å². The number of nitrogens with one attached hydrogen (secondary N) is 1. The molecule has 0 unspecified atom stereocenters. The average Bonchev–Trinajstić information content (AvgIpc) is 2.84. The van der Waals surface area contributed by atoms with Crippen LogP contribution in [0.4, 0.5) is 0 Å². The van der Waals surface area contributed by atoms with Crippen molar-refractivity contribution in [2.75, 3.05) is 6.61 Å². The fourth-order valence-electron chi connectivity index (χ4n) is 2.71. The highest BCUT2D eigenvalue weighted by Crippen LogP contribution is 2.18. The Morgan fingerprint density at radius 1 is 1.39 bits per heavy atom. The van der Waals surface area contributed by atoms with Crippen molar-refractivity contribution in [3.63, 3.8) is 0 Å². The number of hydrogen-bond acceptors (Lipinski definition) is 3. The lowest BCUT2D eigenvalue weighted by Crippen LogP contribution is -2.36. The van der Waals surface area contributed by atoms with E-state index in [0.717, 1.165) is 25.2 Å². The molecule has 5 nitrogen and oxygen atoms in total. The maximum atomic E-state index is 12.1. The minimum Gasteiger partial charge on any atom is -0.372 e. The maximum Gasteiger partial charge on any atom is 0.271 e. The number of ether oxygens (including phenoxy) is 1. The first-order valence-electron chi connectivity index (χ1n) is 6.77. The summed E-state index contributed by atoms with van der Waals surface area (Å²) >= 11 is 0. The molecule has 1 fully saturated rings. The SMILES string of the molecule is O=C(NC1CCCCC1)c1cn2c(n1)COCC2. The molecule has 1 aliphatic carbocycles. The Morgan fingerprint density at radius 2 is 2.22 bits per heavy atom. The topological polar surface area (TPSA) is 56.2 Å². The molecule has 1 aromatic rings. The van der Waals surface area contributed by atoms with Gasteiger partial charge in [0.05, 0.1) is 6.61 Å². The van der Waals surface area contributed by atoms with Gasteiger partial charge in [-0.05, 0) is 12.8 Å². The number of carbonyl (C=O) groups is 1. The Balaban J connectivity index is 1.66. The molecule has 1 aliphatic heterocycles. The standard InChI is InChI=1S/C13H19N3O2/c17-13(14-10-4-2-1-3-5-10)11-8-16-6-7-18-9-12(16)15-11/h8,10H,1-7,9H2,(H,14,17). The number of hydrogen-bond donors (Lipinski definition) is 1. The summed E-state index contributed by atoms with van der Waals surface area (Å²) in [5, 5.41) is 3.09. The molecule has 0 saturated heterocycles. The van der Waals surface area contributed by atoms with Crippen molar-refractivity contribution in [2.24, 2.45) is 0 Å². The van der Waals surface area contributed by atoms with E-state index < -0.39 is 0 Å². The highest BCUT2D eigenvalue weighted by atomic mass is 16.5. The summed E-state index contributed by atoms with van der Waals surface area (Å²) in [6.45, 7) is 2.00. The van der Waals surface area contributed by atoms with Gasteiger partial charge in [-0.3, -0.25) is 4.79 Å². The lowest BCUT2D eigenvalue weighted by Gasteiger charge is -2.22. The second-order valence-electron chi connectivity index (χ2n) is 5.10. The van der Waals surface area contributed by atoms with Crippen LogP contribution in [-0.2, 0) is 17.9 Å². The number of amides is 1. The third-order valence-electron chi connectivity index (χ3n) is 3.74. The monoisotopic (exact) mass is 249 g/mol. The van der Waals surface area contributed by atoms with Crippen molar-refractivity contribution < 1.29 is 9.53 Å². The van der Waals surface area contributed by atoms with Crippen LogP contribution >= 0.6 is 0 Å². The van der Waals surface area contributed by atoms with Crippen molar-refractivity contribution in [1.82, 2.24) is 14.9 Å². The molecule has 0 aromatic carbocycles. The molecule has 1 saturated carbocycles. The molecule has 1 aromatic heterocycles. The summed E-state index contributed by atoms with van der Waals surface area (Å²) in [5.41, 5.74) is 0.529. The fourth-order valence-corrected chi connectivity index (χ4v) is 2.71. The molecule has 98 valence electrons. The molecule has 0 radical (unpaired) electrons. The van der Waals surface area contributed by atoms with Gasteiger partial charge >= 0.3 is 0 Å². The first kappa shape index (κ1) is 11.7. The Kier molecular flexibility index (Phi) is 3.32. The normalized spacial score (nSPS) is 20.4. The number of aromatic nitrogens is 2. The van der Waals surface area contributed by atoms with Gasteiger partial charge in [-0.15, -0.1) is 0 Å². The van der Waals surface area contributed by atoms with Gasteiger partial charge < -0.3 is 14.6 Å². The van der Waals surface area contributed by atoms with Crippen LogP contribution in [0.3, 0.4) is 0 Å². The van der Waals surface area contributed by atoms with Crippen LogP contribution < -0.4 is 5.32 Å². The summed E-state index contributed by atoms with van der Waals surface area (Å²) in [4.78, 5) is 16.4. The van der Waals surface area contributed by atoms with Crippen LogP contribution in [0.25, 0.3) is 0 Å². The van der Waals surface area contributed by atoms with E-state index in [0.29, 0.717) is 24.9 Å². The van der Waals surface area contributed by atoms with Crippen molar-refractivity contribution in [3.05, 3.63) is 17.7 Å². The van der Waals surface area contributed by atoms with Gasteiger partial charge in [-0.1, -0.05) is 19.3 Å². The molecule has 3 rings (SSSR count). The minimum absolute atomic E-state index is 0.0381. The van der Waals surface area contributed by atoms with E-state index in [2.05, 4.69) is 10.3 Å². The van der Waals surface area contributed by atoms with Crippen molar-refractivity contribution in [2.45, 2.75) is 51.3 Å². The Morgan fingerprint density at radius 3 is 3.00 bits per heavy atom. The summed E-state index contributed by atoms with van der Waals surface area (Å²) in [6.07, 6.45) is 7.78. The zero-order chi connectivity index (χ0) is 12.4. The summed E-state index contributed by atoms with van der Waals surface area (Å²) < 4.78 is 7.34. The highest BCUT2D eigenvalue weighted by Gasteiger charge is 2.20. The molecular formula is C13H19N3O2. The Labute approximate surface area is 107 Å². The van der Waals surface area contributed by atoms with Crippen molar-refractivity contribution in [3.8, 4) is 0 Å². The van der Waals surface area contributed by atoms with E-state index in [9.17, 15) is 4.79 Å². The predicted molar refractivity (Wildman–Crippen MR) is 66.2 cm³/mol. The van der Waals surface area contributed by atoms with Gasteiger partial charge in [0.2, 0.25) is 0 Å². The molecule has 18 heavy (non-hydrogen) atoms. The molecular weight excluding hydrogens is 230 g/mol. The van der Waals surface area contributed by atoms with Gasteiger partial charge in [-0.25, -0.2) is 4.98 Å². The molecule has 1 amide bonds. The molecule has 1 N–H and O–H groups in total. The average molecular weight is 249 g/mol. The van der Waals surface area contributed by atoms with Gasteiger partial charge in [0.1, 0.15) is 18.1 Å². The third kappa shape index (κ3) is 2.41. The van der Waals surface area contributed by atoms with E-state index in [1.807, 2.05) is 10.8 Å². The van der Waals surface area contributed by atoms with Gasteiger partial charge in [0, 0.05) is 18.8 Å². The molecule has 2 heterocycles. The zero-order valence-electron chi connectivity index (χ0n) is 10.5. The fraction of sp³-hybridized carbons (Fsp3) is 0.692. The number of carbonyl (C=O) groups excluding carboxylic acids is 1. The van der Waals surface area contributed by atoms with E-state index in [1.54, 1.807) is 0 Å². The van der Waals surface area contributed by atoms with E-state index >= 15 is 0 Å². The largest absolute Gasteiger partial charge is 0.372 e. The zero-order valence-corrected chi connectivity index (χ0v) is 10.5. The van der Waals surface area contributed by atoms with Gasteiger partial charge in [-0.2, -0.15) is 0 Å². The molecule has 2 aliphatic rings. The van der Waals surface area contributed by atoms with Gasteiger partial charge in [0.25, 0.3) is 5.91 Å². The molecule has 0 atom stereocenters. The maximum absolute atomic E-state index is 12.1. The third-order valence-corrected chi connectivity index (χ3v) is 3.74. The van der Waals surface area contributed by atoms with Crippen molar-refractivity contribution >= 4 is 5.91 Å². The van der Waals surface area contributed by atoms with Crippen LogP contribution in [0, 0.1) is 0 Å². The predicted octanol–water partition coefficient (Wildman–Crippen LogP) is 1.48. The lowest BCUT2D eigenvalue weighted by atomic mass is 9.95. The second kappa shape index (κ2) is 5.10. The second-order valence-corrected chi connectivity index (χ2v) is 5.10. The number of imidazole rings is 1. The van der Waals surface area contributed by atoms with Crippen LogP contribution in [0.5, 0.6) is 0 Å². The van der Waals surface area contributed by atoms with Gasteiger partial charge in [0.15, 0.2) is 0 Å². The first-order chi connectivity index (χ1) is 8.83. The van der Waals surface area contributed by atoms with Crippen LogP contribution in [0.2, 0.25) is 0 Å². The summed E-state index contributed by atoms with van der Waals surface area (Å²) in [7, 11) is 0. The first-order valence-corrected chi connectivity index (χ1v) is 6.77. The van der Waals surface area contributed by atoms with Crippen molar-refractivity contribution in [1.29, 1.82) is 0 Å². The van der Waals surface area contributed by atoms with Crippen LogP contribution in [-0.4, -0.2) is 28.1 Å². The van der Waals surface area contributed by atoms with Crippen LogP contribution in [0.15, 0.2) is 6.20 Å². The smallest absolute Gasteiger partial charge is 0.271 e. The summed E-state index contributed by atoms with van der Waals surface area (Å²) in [6, 6.07) is 0.334. The van der Waals surface area contributed by atoms with Crippen LogP contribution in [0.1, 0.15) is 48.4 Å².